The maximum atomic E-state index is 12.3. The van der Waals surface area contributed by atoms with E-state index in [9.17, 15) is 4.79 Å². The van der Waals surface area contributed by atoms with Crippen molar-refractivity contribution >= 4 is 23.5 Å². The molecule has 0 bridgehead atoms. The first-order chi connectivity index (χ1) is 14.6. The standard InChI is InChI=1S/C23H32N4O2S/c1-4-20-15-21(27-12-6-5-8-17(27)2)26-23(25-20)30-16-18-9-7-10-19(14-18)22(28)24-11-13-29-3/h7,9-10,14-15,17H,4-6,8,11-13,16H2,1-3H3,(H,24,28)/t17-/m1/s1. The van der Waals surface area contributed by atoms with E-state index in [0.29, 0.717) is 24.8 Å². The molecule has 7 heteroatoms. The van der Waals surface area contributed by atoms with Crippen molar-refractivity contribution in [3.05, 3.63) is 47.2 Å². The smallest absolute Gasteiger partial charge is 0.251 e. The Morgan fingerprint density at radius 1 is 1.30 bits per heavy atom. The van der Waals surface area contributed by atoms with E-state index in [4.69, 9.17) is 14.7 Å². The lowest BCUT2D eigenvalue weighted by Crippen LogP contribution is -2.38. The Morgan fingerprint density at radius 2 is 2.17 bits per heavy atom. The molecule has 0 aliphatic carbocycles. The van der Waals surface area contributed by atoms with Crippen LogP contribution in [-0.2, 0) is 16.9 Å². The highest BCUT2D eigenvalue weighted by Crippen LogP contribution is 2.27. The van der Waals surface area contributed by atoms with Crippen molar-refractivity contribution < 1.29 is 9.53 Å². The zero-order chi connectivity index (χ0) is 21.3. The molecule has 6 nitrogen and oxygen atoms in total. The van der Waals surface area contributed by atoms with Crippen LogP contribution in [-0.4, -0.2) is 48.7 Å². The molecule has 1 aliphatic rings. The molecule has 1 aliphatic heterocycles. The van der Waals surface area contributed by atoms with Crippen molar-refractivity contribution in [2.75, 3.05) is 31.7 Å². The lowest BCUT2D eigenvalue weighted by Gasteiger charge is -2.34. The number of nitrogens with zero attached hydrogens (tertiary/aromatic N) is 3. The molecule has 1 N–H and O–H groups in total. The summed E-state index contributed by atoms with van der Waals surface area (Å²) in [6.45, 7) is 6.48. The molecule has 1 aromatic heterocycles. The number of carbonyl (C=O) groups is 1. The molecule has 1 aromatic carbocycles. The van der Waals surface area contributed by atoms with Gasteiger partial charge in [-0.3, -0.25) is 4.79 Å². The Bertz CT molecular complexity index is 846. The number of methoxy groups -OCH3 is 1. The van der Waals surface area contributed by atoms with Crippen molar-refractivity contribution in [3.63, 3.8) is 0 Å². The fourth-order valence-electron chi connectivity index (χ4n) is 3.61. The molecule has 2 heterocycles. The Labute approximate surface area is 183 Å². The molecule has 0 radical (unpaired) electrons. The average Bonchev–Trinajstić information content (AvgIpc) is 2.78. The molecule has 0 spiro atoms. The summed E-state index contributed by atoms with van der Waals surface area (Å²) in [5, 5.41) is 3.67. The number of nitrogens with one attached hydrogen (secondary N) is 1. The zero-order valence-corrected chi connectivity index (χ0v) is 19.0. The van der Waals surface area contributed by atoms with Gasteiger partial charge in [0.25, 0.3) is 5.91 Å². The normalized spacial score (nSPS) is 16.5. The second-order valence-electron chi connectivity index (χ2n) is 7.63. The molecule has 2 aromatic rings. The summed E-state index contributed by atoms with van der Waals surface area (Å²) < 4.78 is 4.98. The van der Waals surface area contributed by atoms with Crippen LogP contribution in [0.4, 0.5) is 5.82 Å². The number of benzene rings is 1. The number of hydrogen-bond donors (Lipinski definition) is 1. The number of piperidine rings is 1. The van der Waals surface area contributed by atoms with E-state index in [1.54, 1.807) is 18.9 Å². The molecule has 1 amide bonds. The number of anilines is 1. The van der Waals surface area contributed by atoms with Crippen LogP contribution in [0.5, 0.6) is 0 Å². The Balaban J connectivity index is 1.68. The van der Waals surface area contributed by atoms with Crippen LogP contribution in [0.25, 0.3) is 0 Å². The lowest BCUT2D eigenvalue weighted by molar-refractivity contribution is 0.0937. The molecular weight excluding hydrogens is 396 g/mol. The van der Waals surface area contributed by atoms with E-state index in [0.717, 1.165) is 41.0 Å². The molecular formula is C23H32N4O2S. The third kappa shape index (κ3) is 6.19. The number of hydrogen-bond acceptors (Lipinski definition) is 6. The molecule has 1 fully saturated rings. The van der Waals surface area contributed by atoms with Crippen molar-refractivity contribution in [2.24, 2.45) is 0 Å². The maximum absolute atomic E-state index is 12.3. The second-order valence-corrected chi connectivity index (χ2v) is 8.57. The first kappa shape index (κ1) is 22.6. The van der Waals surface area contributed by atoms with E-state index in [1.807, 2.05) is 24.3 Å². The fraction of sp³-hybridized carbons (Fsp3) is 0.522. The summed E-state index contributed by atoms with van der Waals surface area (Å²) in [6, 6.07) is 10.4. The van der Waals surface area contributed by atoms with Gasteiger partial charge in [-0.15, -0.1) is 0 Å². The number of thioether (sulfide) groups is 1. The summed E-state index contributed by atoms with van der Waals surface area (Å²) in [7, 11) is 1.62. The number of ether oxygens (including phenoxy) is 1. The summed E-state index contributed by atoms with van der Waals surface area (Å²) in [5.41, 5.74) is 2.82. The quantitative estimate of drug-likeness (QED) is 0.369. The van der Waals surface area contributed by atoms with Gasteiger partial charge >= 0.3 is 0 Å². The molecule has 1 atom stereocenters. The van der Waals surface area contributed by atoms with Crippen LogP contribution in [0, 0.1) is 0 Å². The van der Waals surface area contributed by atoms with Crippen molar-refractivity contribution in [1.82, 2.24) is 15.3 Å². The minimum absolute atomic E-state index is 0.0792. The van der Waals surface area contributed by atoms with Gasteiger partial charge in [0, 0.05) is 49.3 Å². The maximum Gasteiger partial charge on any atom is 0.251 e. The SMILES string of the molecule is CCc1cc(N2CCCC[C@H]2C)nc(SCc2cccc(C(=O)NCCOC)c2)n1. The van der Waals surface area contributed by atoms with Gasteiger partial charge in [-0.25, -0.2) is 9.97 Å². The third-order valence-corrected chi connectivity index (χ3v) is 6.27. The van der Waals surface area contributed by atoms with Gasteiger partial charge in [0.05, 0.1) is 6.61 Å². The number of amides is 1. The van der Waals surface area contributed by atoms with Gasteiger partial charge in [0.2, 0.25) is 0 Å². The summed E-state index contributed by atoms with van der Waals surface area (Å²) in [5.74, 6) is 1.69. The summed E-state index contributed by atoms with van der Waals surface area (Å²) in [6.07, 6.45) is 4.62. The van der Waals surface area contributed by atoms with Crippen LogP contribution < -0.4 is 10.2 Å². The number of rotatable bonds is 9. The topological polar surface area (TPSA) is 67.4 Å². The number of aryl methyl sites for hydroxylation is 1. The van der Waals surface area contributed by atoms with E-state index in [-0.39, 0.29) is 5.91 Å². The fourth-order valence-corrected chi connectivity index (χ4v) is 4.42. The summed E-state index contributed by atoms with van der Waals surface area (Å²) >= 11 is 1.62. The predicted molar refractivity (Wildman–Crippen MR) is 122 cm³/mol. The van der Waals surface area contributed by atoms with Crippen molar-refractivity contribution in [2.45, 2.75) is 56.5 Å². The van der Waals surface area contributed by atoms with Crippen molar-refractivity contribution in [1.29, 1.82) is 0 Å². The van der Waals surface area contributed by atoms with Gasteiger partial charge in [0.15, 0.2) is 5.16 Å². The van der Waals surface area contributed by atoms with Gasteiger partial charge in [-0.1, -0.05) is 30.8 Å². The Morgan fingerprint density at radius 3 is 2.93 bits per heavy atom. The summed E-state index contributed by atoms with van der Waals surface area (Å²) in [4.78, 5) is 24.3. The molecule has 0 saturated carbocycles. The van der Waals surface area contributed by atoms with E-state index in [1.165, 1.54) is 19.3 Å². The first-order valence-corrected chi connectivity index (χ1v) is 11.7. The van der Waals surface area contributed by atoms with E-state index >= 15 is 0 Å². The monoisotopic (exact) mass is 428 g/mol. The second kappa shape index (κ2) is 11.3. The van der Waals surface area contributed by atoms with E-state index < -0.39 is 0 Å². The Hall–Kier alpha value is -2.12. The average molecular weight is 429 g/mol. The minimum atomic E-state index is -0.0792. The first-order valence-electron chi connectivity index (χ1n) is 10.7. The zero-order valence-electron chi connectivity index (χ0n) is 18.2. The highest BCUT2D eigenvalue weighted by Gasteiger charge is 2.21. The van der Waals surface area contributed by atoms with Crippen LogP contribution in [0.3, 0.4) is 0 Å². The predicted octanol–water partition coefficient (Wildman–Crippen LogP) is 4.09. The van der Waals surface area contributed by atoms with Gasteiger partial charge in [-0.2, -0.15) is 0 Å². The Kier molecular flexibility index (Phi) is 8.51. The molecule has 30 heavy (non-hydrogen) atoms. The lowest BCUT2D eigenvalue weighted by atomic mass is 10.0. The minimum Gasteiger partial charge on any atom is -0.383 e. The third-order valence-electron chi connectivity index (χ3n) is 5.35. The largest absolute Gasteiger partial charge is 0.383 e. The van der Waals surface area contributed by atoms with Crippen LogP contribution in [0.15, 0.2) is 35.5 Å². The van der Waals surface area contributed by atoms with Crippen LogP contribution >= 0.6 is 11.8 Å². The van der Waals surface area contributed by atoms with Gasteiger partial charge in [0.1, 0.15) is 5.82 Å². The number of carbonyl (C=O) groups excluding carboxylic acids is 1. The molecule has 1 saturated heterocycles. The van der Waals surface area contributed by atoms with Crippen molar-refractivity contribution in [3.8, 4) is 0 Å². The van der Waals surface area contributed by atoms with Crippen LogP contribution in [0.1, 0.15) is 54.7 Å². The van der Waals surface area contributed by atoms with Crippen LogP contribution in [0.2, 0.25) is 0 Å². The van der Waals surface area contributed by atoms with Gasteiger partial charge in [-0.05, 0) is 50.3 Å². The van der Waals surface area contributed by atoms with E-state index in [2.05, 4.69) is 30.1 Å². The molecule has 162 valence electrons. The molecule has 0 unspecified atom stereocenters. The van der Waals surface area contributed by atoms with Gasteiger partial charge < -0.3 is 15.0 Å². The molecule has 3 rings (SSSR count). The highest BCUT2D eigenvalue weighted by atomic mass is 32.2. The number of aromatic nitrogens is 2. The highest BCUT2D eigenvalue weighted by molar-refractivity contribution is 7.98.